The van der Waals surface area contributed by atoms with Crippen LogP contribution in [0.25, 0.3) is 0 Å². The fourth-order valence-electron chi connectivity index (χ4n) is 3.17. The van der Waals surface area contributed by atoms with E-state index in [1.165, 1.54) is 24.5 Å². The summed E-state index contributed by atoms with van der Waals surface area (Å²) >= 11 is 0. The van der Waals surface area contributed by atoms with Gasteiger partial charge >= 0.3 is 12.3 Å². The van der Waals surface area contributed by atoms with E-state index in [2.05, 4.69) is 24.8 Å². The maximum atomic E-state index is 13.1. The molecule has 2 aliphatic heterocycles. The van der Waals surface area contributed by atoms with E-state index in [1.807, 2.05) is 6.07 Å². The van der Waals surface area contributed by atoms with Gasteiger partial charge in [0.25, 0.3) is 0 Å². The number of alkyl halides is 2. The Bertz CT molecular complexity index is 819. The summed E-state index contributed by atoms with van der Waals surface area (Å²) in [7, 11) is 0. The highest BCUT2D eigenvalue weighted by molar-refractivity contribution is 5.89. The molecule has 2 amide bonds. The van der Waals surface area contributed by atoms with Crippen LogP contribution in [0.1, 0.15) is 24.5 Å². The van der Waals surface area contributed by atoms with Crippen LogP contribution < -0.4 is 14.8 Å². The Balaban J connectivity index is 1.42. The number of hydrogen-bond donors (Lipinski definition) is 1. The minimum absolute atomic E-state index is 0.0604. The second kappa shape index (κ2) is 6.40. The van der Waals surface area contributed by atoms with Crippen molar-refractivity contribution in [2.45, 2.75) is 25.1 Å². The Hall–Kier alpha value is -2.97. The van der Waals surface area contributed by atoms with Gasteiger partial charge in [-0.1, -0.05) is 0 Å². The Morgan fingerprint density at radius 3 is 2.92 bits per heavy atom. The van der Waals surface area contributed by atoms with E-state index in [0.717, 1.165) is 18.5 Å². The first-order valence-electron chi connectivity index (χ1n) is 8.22. The number of carbonyl (C=O) groups is 1. The van der Waals surface area contributed by atoms with Crippen LogP contribution in [0.4, 0.5) is 19.3 Å². The van der Waals surface area contributed by atoms with Gasteiger partial charge in [0.05, 0.1) is 0 Å². The molecule has 136 valence electrons. The molecule has 2 aromatic rings. The summed E-state index contributed by atoms with van der Waals surface area (Å²) < 4.78 is 34.9. The zero-order valence-electron chi connectivity index (χ0n) is 13.7. The number of carbonyl (C=O) groups excluding carboxylic acids is 1. The Morgan fingerprint density at radius 2 is 2.12 bits per heavy atom. The molecular formula is C17H16F2N4O3. The zero-order chi connectivity index (χ0) is 18.1. The van der Waals surface area contributed by atoms with Crippen molar-refractivity contribution in [3.63, 3.8) is 0 Å². The van der Waals surface area contributed by atoms with E-state index in [1.54, 1.807) is 11.1 Å². The molecule has 26 heavy (non-hydrogen) atoms. The first-order chi connectivity index (χ1) is 12.5. The van der Waals surface area contributed by atoms with E-state index in [4.69, 9.17) is 0 Å². The monoisotopic (exact) mass is 362 g/mol. The number of nitrogens with one attached hydrogen (secondary N) is 1. The Kier molecular flexibility index (Phi) is 4.06. The van der Waals surface area contributed by atoms with Crippen LogP contribution >= 0.6 is 0 Å². The first kappa shape index (κ1) is 16.5. The SMILES string of the molecule is O=C(Nc1ccc2c(c1)OC(F)(F)O2)N1CCC[C@H](c2ccncn2)C1. The second-order valence-corrected chi connectivity index (χ2v) is 6.18. The second-order valence-electron chi connectivity index (χ2n) is 6.18. The van der Waals surface area contributed by atoms with E-state index in [9.17, 15) is 13.6 Å². The van der Waals surface area contributed by atoms with Gasteiger partial charge in [0.15, 0.2) is 11.5 Å². The maximum absolute atomic E-state index is 13.1. The molecule has 1 N–H and O–H groups in total. The van der Waals surface area contributed by atoms with E-state index in [-0.39, 0.29) is 23.4 Å². The Labute approximate surface area is 148 Å². The number of halogens is 2. The zero-order valence-corrected chi connectivity index (χ0v) is 13.7. The van der Waals surface area contributed by atoms with Gasteiger partial charge in [-0.15, -0.1) is 8.78 Å². The molecule has 0 unspecified atom stereocenters. The molecule has 0 radical (unpaired) electrons. The van der Waals surface area contributed by atoms with Crippen molar-refractivity contribution in [2.75, 3.05) is 18.4 Å². The van der Waals surface area contributed by atoms with Crippen LogP contribution in [0, 0.1) is 0 Å². The van der Waals surface area contributed by atoms with Crippen molar-refractivity contribution in [2.24, 2.45) is 0 Å². The van der Waals surface area contributed by atoms with Crippen LogP contribution in [0.2, 0.25) is 0 Å². The number of aromatic nitrogens is 2. The molecule has 1 saturated heterocycles. The molecule has 0 spiro atoms. The standard InChI is InChI=1S/C17H16F2N4O3/c18-17(19)25-14-4-3-12(8-15(14)26-17)22-16(24)23-7-1-2-11(9-23)13-5-6-20-10-21-13/h3-6,8,10-11H,1-2,7,9H2,(H,22,24)/t11-/m0/s1. The third-order valence-corrected chi connectivity index (χ3v) is 4.38. The fraction of sp³-hybridized carbons (Fsp3) is 0.353. The molecule has 1 aromatic carbocycles. The van der Waals surface area contributed by atoms with Crippen molar-refractivity contribution < 1.29 is 23.0 Å². The summed E-state index contributed by atoms with van der Waals surface area (Å²) in [4.78, 5) is 22.4. The number of anilines is 1. The van der Waals surface area contributed by atoms with Gasteiger partial charge < -0.3 is 19.7 Å². The first-order valence-corrected chi connectivity index (χ1v) is 8.22. The number of nitrogens with zero attached hydrogens (tertiary/aromatic N) is 3. The van der Waals surface area contributed by atoms with E-state index >= 15 is 0 Å². The van der Waals surface area contributed by atoms with Gasteiger partial charge in [-0.2, -0.15) is 0 Å². The predicted molar refractivity (Wildman–Crippen MR) is 87.2 cm³/mol. The highest BCUT2D eigenvalue weighted by atomic mass is 19.3. The molecule has 1 aromatic heterocycles. The van der Waals surface area contributed by atoms with Gasteiger partial charge in [0.1, 0.15) is 6.33 Å². The molecule has 0 saturated carbocycles. The topological polar surface area (TPSA) is 76.6 Å². The van der Waals surface area contributed by atoms with Gasteiger partial charge in [0.2, 0.25) is 0 Å². The lowest BCUT2D eigenvalue weighted by molar-refractivity contribution is -0.286. The van der Waals surface area contributed by atoms with E-state index < -0.39 is 6.29 Å². The third-order valence-electron chi connectivity index (χ3n) is 4.38. The fourth-order valence-corrected chi connectivity index (χ4v) is 3.17. The van der Waals surface area contributed by atoms with Crippen molar-refractivity contribution in [1.82, 2.24) is 14.9 Å². The smallest absolute Gasteiger partial charge is 0.395 e. The molecular weight excluding hydrogens is 346 g/mol. The number of fused-ring (bicyclic) bond motifs is 1. The summed E-state index contributed by atoms with van der Waals surface area (Å²) in [6.07, 6.45) is 1.30. The largest absolute Gasteiger partial charge is 0.586 e. The summed E-state index contributed by atoms with van der Waals surface area (Å²) in [5.41, 5.74) is 1.27. The normalized spacial score (nSPS) is 20.7. The minimum atomic E-state index is -3.68. The number of hydrogen-bond acceptors (Lipinski definition) is 5. The van der Waals surface area contributed by atoms with Crippen LogP contribution in [0.15, 0.2) is 36.8 Å². The third kappa shape index (κ3) is 3.37. The highest BCUT2D eigenvalue weighted by Crippen LogP contribution is 2.42. The summed E-state index contributed by atoms with van der Waals surface area (Å²) in [5.74, 6) is -0.0203. The number of benzene rings is 1. The molecule has 7 nitrogen and oxygen atoms in total. The van der Waals surface area contributed by atoms with Crippen LogP contribution in [-0.4, -0.2) is 40.3 Å². The van der Waals surface area contributed by atoms with E-state index in [0.29, 0.717) is 18.8 Å². The van der Waals surface area contributed by atoms with Gasteiger partial charge in [-0.25, -0.2) is 14.8 Å². The van der Waals surface area contributed by atoms with Gasteiger partial charge in [0, 0.05) is 42.7 Å². The lowest BCUT2D eigenvalue weighted by atomic mass is 9.95. The number of rotatable bonds is 2. The highest BCUT2D eigenvalue weighted by Gasteiger charge is 2.43. The molecule has 2 aliphatic rings. The minimum Gasteiger partial charge on any atom is -0.395 e. The number of ether oxygens (including phenoxy) is 2. The summed E-state index contributed by atoms with van der Waals surface area (Å²) in [5, 5.41) is 2.71. The number of amides is 2. The van der Waals surface area contributed by atoms with Crippen molar-refractivity contribution in [1.29, 1.82) is 0 Å². The molecule has 0 bridgehead atoms. The van der Waals surface area contributed by atoms with Crippen molar-refractivity contribution >= 4 is 11.7 Å². The molecule has 0 aliphatic carbocycles. The summed E-state index contributed by atoms with van der Waals surface area (Å²) in [6.45, 7) is 1.15. The molecule has 4 rings (SSSR count). The number of piperidine rings is 1. The van der Waals surface area contributed by atoms with Crippen molar-refractivity contribution in [3.8, 4) is 11.5 Å². The average Bonchev–Trinajstić information content (AvgIpc) is 2.95. The lowest BCUT2D eigenvalue weighted by Crippen LogP contribution is -2.41. The lowest BCUT2D eigenvalue weighted by Gasteiger charge is -2.32. The van der Waals surface area contributed by atoms with Crippen molar-refractivity contribution in [3.05, 3.63) is 42.5 Å². The van der Waals surface area contributed by atoms with Gasteiger partial charge in [-0.3, -0.25) is 0 Å². The van der Waals surface area contributed by atoms with Gasteiger partial charge in [-0.05, 0) is 31.0 Å². The predicted octanol–water partition coefficient (Wildman–Crippen LogP) is 3.21. The van der Waals surface area contributed by atoms with Crippen LogP contribution in [0.5, 0.6) is 11.5 Å². The average molecular weight is 362 g/mol. The molecule has 1 fully saturated rings. The molecule has 9 heteroatoms. The van der Waals surface area contributed by atoms with Crippen LogP contribution in [-0.2, 0) is 0 Å². The Morgan fingerprint density at radius 1 is 1.27 bits per heavy atom. The maximum Gasteiger partial charge on any atom is 0.586 e. The quantitative estimate of drug-likeness (QED) is 0.888. The molecule has 3 heterocycles. The summed E-state index contributed by atoms with van der Waals surface area (Å²) in [6, 6.07) is 5.71. The number of likely N-dealkylation sites (tertiary alicyclic amines) is 1. The van der Waals surface area contributed by atoms with Crippen LogP contribution in [0.3, 0.4) is 0 Å². The number of urea groups is 1. The molecule has 1 atom stereocenters.